The van der Waals surface area contributed by atoms with Gasteiger partial charge in [-0.1, -0.05) is 18.2 Å². The van der Waals surface area contributed by atoms with Crippen molar-refractivity contribution in [2.75, 3.05) is 13.1 Å². The number of hydrogen-bond acceptors (Lipinski definition) is 2. The first kappa shape index (κ1) is 16.4. The van der Waals surface area contributed by atoms with Crippen LogP contribution in [0.25, 0.3) is 0 Å². The van der Waals surface area contributed by atoms with Gasteiger partial charge in [-0.15, -0.1) is 0 Å². The summed E-state index contributed by atoms with van der Waals surface area (Å²) in [5, 5.41) is 0. The monoisotopic (exact) mass is 322 g/mol. The Morgan fingerprint density at radius 1 is 1.09 bits per heavy atom. The quantitative estimate of drug-likeness (QED) is 0.925. The number of hydrogen-bond donors (Lipinski definition) is 1. The Morgan fingerprint density at radius 3 is 2.30 bits per heavy atom. The lowest BCUT2D eigenvalue weighted by Crippen LogP contribution is -2.46. The van der Waals surface area contributed by atoms with E-state index < -0.39 is 5.92 Å². The van der Waals surface area contributed by atoms with Crippen LogP contribution in [0.4, 0.5) is 8.78 Å². The highest BCUT2D eigenvalue weighted by Gasteiger charge is 2.37. The zero-order valence-corrected chi connectivity index (χ0v) is 13.3. The van der Waals surface area contributed by atoms with Crippen molar-refractivity contribution in [2.24, 2.45) is 5.73 Å². The molecule has 5 heteroatoms. The second kappa shape index (κ2) is 6.56. The molecule has 2 N–H and O–H groups in total. The van der Waals surface area contributed by atoms with Gasteiger partial charge in [0.1, 0.15) is 0 Å². The molecule has 3 nitrogen and oxygen atoms in total. The maximum Gasteiger partial charge on any atom is 0.250 e. The van der Waals surface area contributed by atoms with E-state index in [0.29, 0.717) is 30.6 Å². The van der Waals surface area contributed by atoms with Crippen LogP contribution in [0, 0.1) is 0 Å². The summed E-state index contributed by atoms with van der Waals surface area (Å²) in [6.07, 6.45) is 3.95. The van der Waals surface area contributed by atoms with Gasteiger partial charge in [0.2, 0.25) is 5.91 Å². The maximum atomic E-state index is 13.3. The molecule has 0 aromatic heterocycles. The highest BCUT2D eigenvalue weighted by atomic mass is 19.3. The Balaban J connectivity index is 1.60. The molecule has 2 fully saturated rings. The average molecular weight is 322 g/mol. The van der Waals surface area contributed by atoms with Crippen LogP contribution in [-0.4, -0.2) is 35.9 Å². The first-order valence-corrected chi connectivity index (χ1v) is 8.47. The van der Waals surface area contributed by atoms with Crippen LogP contribution >= 0.6 is 0 Å². The molecule has 1 saturated carbocycles. The Kier molecular flexibility index (Phi) is 4.67. The second-order valence-corrected chi connectivity index (χ2v) is 6.85. The summed E-state index contributed by atoms with van der Waals surface area (Å²) in [4.78, 5) is 13.8. The molecule has 0 atom stereocenters. The zero-order valence-electron chi connectivity index (χ0n) is 13.3. The fourth-order valence-corrected chi connectivity index (χ4v) is 4.05. The molecule has 1 aliphatic carbocycles. The second-order valence-electron chi connectivity index (χ2n) is 6.85. The van der Waals surface area contributed by atoms with Crippen LogP contribution in [0.1, 0.15) is 60.4 Å². The SMILES string of the molecule is NC(=O)c1ccccc1C1CCC(N2CCC(F)(F)CC2)CC1. The minimum Gasteiger partial charge on any atom is -0.366 e. The Morgan fingerprint density at radius 2 is 1.70 bits per heavy atom. The largest absolute Gasteiger partial charge is 0.366 e. The van der Waals surface area contributed by atoms with Crippen molar-refractivity contribution in [1.82, 2.24) is 4.90 Å². The van der Waals surface area contributed by atoms with Crippen molar-refractivity contribution in [3.05, 3.63) is 35.4 Å². The van der Waals surface area contributed by atoms with Gasteiger partial charge in [0.25, 0.3) is 5.92 Å². The van der Waals surface area contributed by atoms with E-state index in [1.807, 2.05) is 18.2 Å². The van der Waals surface area contributed by atoms with Gasteiger partial charge >= 0.3 is 0 Å². The molecule has 1 aromatic rings. The Hall–Kier alpha value is -1.49. The van der Waals surface area contributed by atoms with E-state index in [-0.39, 0.29) is 18.7 Å². The van der Waals surface area contributed by atoms with E-state index in [1.54, 1.807) is 6.07 Å². The summed E-state index contributed by atoms with van der Waals surface area (Å²) in [6, 6.07) is 7.97. The molecule has 0 radical (unpaired) electrons. The number of carbonyl (C=O) groups excluding carboxylic acids is 1. The standard InChI is InChI=1S/C18H24F2N2O/c19-18(20)9-11-22(12-10-18)14-7-5-13(6-8-14)15-3-1-2-4-16(15)17(21)23/h1-4,13-14H,5-12H2,(H2,21,23). The van der Waals surface area contributed by atoms with Crippen molar-refractivity contribution in [2.45, 2.75) is 56.4 Å². The number of amides is 1. The number of nitrogens with two attached hydrogens (primary N) is 1. The van der Waals surface area contributed by atoms with Gasteiger partial charge < -0.3 is 5.73 Å². The van der Waals surface area contributed by atoms with Gasteiger partial charge in [0.15, 0.2) is 0 Å². The summed E-state index contributed by atoms with van der Waals surface area (Å²) in [6.45, 7) is 1.00. The van der Waals surface area contributed by atoms with E-state index in [0.717, 1.165) is 31.2 Å². The van der Waals surface area contributed by atoms with Crippen LogP contribution in [0.2, 0.25) is 0 Å². The molecule has 0 unspecified atom stereocenters. The highest BCUT2D eigenvalue weighted by Crippen LogP contribution is 2.38. The number of carbonyl (C=O) groups is 1. The minimum absolute atomic E-state index is 0.0164. The Bertz CT molecular complexity index is 558. The molecule has 1 amide bonds. The normalized spacial score (nSPS) is 28.4. The van der Waals surface area contributed by atoms with Crippen molar-refractivity contribution < 1.29 is 13.6 Å². The number of alkyl halides is 2. The van der Waals surface area contributed by atoms with Crippen molar-refractivity contribution in [3.8, 4) is 0 Å². The molecule has 3 rings (SSSR count). The lowest BCUT2D eigenvalue weighted by Gasteiger charge is -2.41. The number of primary amides is 1. The third-order valence-electron chi connectivity index (χ3n) is 5.41. The van der Waals surface area contributed by atoms with Gasteiger partial charge in [-0.05, 0) is 43.2 Å². The topological polar surface area (TPSA) is 46.3 Å². The number of nitrogens with zero attached hydrogens (tertiary/aromatic N) is 1. The minimum atomic E-state index is -2.48. The van der Waals surface area contributed by atoms with Crippen molar-refractivity contribution >= 4 is 5.91 Å². The van der Waals surface area contributed by atoms with Gasteiger partial charge in [-0.25, -0.2) is 8.78 Å². The first-order valence-electron chi connectivity index (χ1n) is 8.47. The molecular weight excluding hydrogens is 298 g/mol. The third kappa shape index (κ3) is 3.71. The van der Waals surface area contributed by atoms with E-state index in [2.05, 4.69) is 4.90 Å². The lowest BCUT2D eigenvalue weighted by molar-refractivity contribution is -0.0659. The smallest absolute Gasteiger partial charge is 0.250 e. The number of halogens is 2. The molecule has 1 saturated heterocycles. The van der Waals surface area contributed by atoms with E-state index in [1.165, 1.54) is 0 Å². The van der Waals surface area contributed by atoms with Gasteiger partial charge in [-0.3, -0.25) is 9.69 Å². The molecular formula is C18H24F2N2O. The predicted molar refractivity (Wildman–Crippen MR) is 85.7 cm³/mol. The summed E-state index contributed by atoms with van der Waals surface area (Å²) in [5.74, 6) is -2.50. The van der Waals surface area contributed by atoms with Crippen LogP contribution in [0.3, 0.4) is 0 Å². The number of piperidine rings is 1. The summed E-state index contributed by atoms with van der Waals surface area (Å²) >= 11 is 0. The molecule has 23 heavy (non-hydrogen) atoms. The molecule has 126 valence electrons. The molecule has 1 aliphatic heterocycles. The molecule has 0 spiro atoms. The molecule has 1 heterocycles. The maximum absolute atomic E-state index is 13.3. The first-order chi connectivity index (χ1) is 11.0. The van der Waals surface area contributed by atoms with Crippen molar-refractivity contribution in [3.63, 3.8) is 0 Å². The number of benzene rings is 1. The number of rotatable bonds is 3. The fourth-order valence-electron chi connectivity index (χ4n) is 4.05. The molecule has 0 bridgehead atoms. The van der Waals surface area contributed by atoms with Crippen LogP contribution in [0.15, 0.2) is 24.3 Å². The summed E-state index contributed by atoms with van der Waals surface area (Å²) in [5.41, 5.74) is 7.14. The summed E-state index contributed by atoms with van der Waals surface area (Å²) < 4.78 is 26.6. The zero-order chi connectivity index (χ0) is 16.4. The predicted octanol–water partition coefficient (Wildman–Crippen LogP) is 3.54. The van der Waals surface area contributed by atoms with Gasteiger partial charge in [-0.2, -0.15) is 0 Å². The van der Waals surface area contributed by atoms with Crippen LogP contribution < -0.4 is 5.73 Å². The summed E-state index contributed by atoms with van der Waals surface area (Å²) in [7, 11) is 0. The van der Waals surface area contributed by atoms with Crippen LogP contribution in [0.5, 0.6) is 0 Å². The lowest BCUT2D eigenvalue weighted by atomic mass is 9.79. The number of likely N-dealkylation sites (tertiary alicyclic amines) is 1. The highest BCUT2D eigenvalue weighted by molar-refractivity contribution is 5.94. The Labute approximate surface area is 135 Å². The molecule has 1 aromatic carbocycles. The third-order valence-corrected chi connectivity index (χ3v) is 5.41. The van der Waals surface area contributed by atoms with E-state index >= 15 is 0 Å². The van der Waals surface area contributed by atoms with E-state index in [4.69, 9.17) is 5.73 Å². The fraction of sp³-hybridized carbons (Fsp3) is 0.611. The van der Waals surface area contributed by atoms with Crippen molar-refractivity contribution in [1.29, 1.82) is 0 Å². The van der Waals surface area contributed by atoms with Crippen LogP contribution in [-0.2, 0) is 0 Å². The molecule has 2 aliphatic rings. The van der Waals surface area contributed by atoms with Gasteiger partial charge in [0.05, 0.1) is 0 Å². The van der Waals surface area contributed by atoms with Gasteiger partial charge in [0, 0.05) is 37.5 Å². The average Bonchev–Trinajstić information content (AvgIpc) is 2.55. The van der Waals surface area contributed by atoms with E-state index in [9.17, 15) is 13.6 Å².